The monoisotopic (exact) mass is 171 g/mol. The van der Waals surface area contributed by atoms with E-state index in [1.807, 2.05) is 6.20 Å². The Morgan fingerprint density at radius 3 is 3.09 bits per heavy atom. The van der Waals surface area contributed by atoms with Gasteiger partial charge in [-0.05, 0) is 6.42 Å². The van der Waals surface area contributed by atoms with Crippen molar-refractivity contribution in [2.24, 2.45) is 5.84 Å². The van der Waals surface area contributed by atoms with Gasteiger partial charge in [-0.1, -0.05) is 25.6 Å². The van der Waals surface area contributed by atoms with Crippen LogP contribution in [0.25, 0.3) is 0 Å². The van der Waals surface area contributed by atoms with E-state index in [-0.39, 0.29) is 6.17 Å². The summed E-state index contributed by atoms with van der Waals surface area (Å²) in [5.41, 5.74) is 1.17. The highest BCUT2D eigenvalue weighted by Gasteiger charge is 2.17. The summed E-state index contributed by atoms with van der Waals surface area (Å²) in [5, 5.41) is 6.41. The first kappa shape index (κ1) is 8.49. The number of nitrogens with two attached hydrogens (primary N) is 1. The number of nitrogens with one attached hydrogen (secondary N) is 1. The molecular weight excluding hydrogens is 158 g/mol. The van der Waals surface area contributed by atoms with Crippen LogP contribution in [0.4, 0.5) is 0 Å². The standard InChI is InChI=1S/C7H13N3S/c1-2-3-6-4-10(8)7(5-11)9-6/h4-5,7,9H,2-3,8H2,1H3/t7-/m1/s1. The number of rotatable bonds is 3. The quantitative estimate of drug-likeness (QED) is 0.485. The van der Waals surface area contributed by atoms with E-state index in [0.717, 1.165) is 12.8 Å². The second-order valence-electron chi connectivity index (χ2n) is 2.58. The van der Waals surface area contributed by atoms with Gasteiger partial charge in [-0.2, -0.15) is 0 Å². The van der Waals surface area contributed by atoms with E-state index >= 15 is 0 Å². The number of hydrogen-bond acceptors (Lipinski definition) is 4. The van der Waals surface area contributed by atoms with Gasteiger partial charge in [0.25, 0.3) is 0 Å². The minimum absolute atomic E-state index is 0.00606. The maximum Gasteiger partial charge on any atom is 0.142 e. The summed E-state index contributed by atoms with van der Waals surface area (Å²) in [5.74, 6) is 5.61. The Kier molecular flexibility index (Phi) is 2.84. The average Bonchev–Trinajstić information content (AvgIpc) is 2.32. The fourth-order valence-electron chi connectivity index (χ4n) is 1.07. The van der Waals surface area contributed by atoms with Crippen molar-refractivity contribution in [2.45, 2.75) is 25.9 Å². The summed E-state index contributed by atoms with van der Waals surface area (Å²) >= 11 is 4.78. The van der Waals surface area contributed by atoms with E-state index in [4.69, 9.17) is 18.1 Å². The SMILES string of the molecule is CCCC1=CN(N)[C@H](C=S)N1. The summed E-state index contributed by atoms with van der Waals surface area (Å²) in [7, 11) is 0. The normalized spacial score (nSPS) is 22.9. The molecule has 1 aliphatic heterocycles. The molecule has 0 saturated heterocycles. The van der Waals surface area contributed by atoms with Crippen LogP contribution >= 0.6 is 12.2 Å². The molecule has 0 spiro atoms. The van der Waals surface area contributed by atoms with Gasteiger partial charge in [0.1, 0.15) is 6.17 Å². The van der Waals surface area contributed by atoms with Crippen molar-refractivity contribution in [2.75, 3.05) is 0 Å². The summed E-state index contributed by atoms with van der Waals surface area (Å²) < 4.78 is 0. The molecule has 3 N–H and O–H groups in total. The van der Waals surface area contributed by atoms with E-state index < -0.39 is 0 Å². The molecule has 3 nitrogen and oxygen atoms in total. The lowest BCUT2D eigenvalue weighted by Crippen LogP contribution is -2.40. The molecule has 1 heterocycles. The predicted molar refractivity (Wildman–Crippen MR) is 49.6 cm³/mol. The zero-order chi connectivity index (χ0) is 8.27. The molecule has 0 amide bonds. The Morgan fingerprint density at radius 1 is 1.91 bits per heavy atom. The summed E-state index contributed by atoms with van der Waals surface area (Å²) in [4.78, 5) is 0. The first-order valence-corrected chi connectivity index (χ1v) is 4.20. The molecule has 0 saturated carbocycles. The Hall–Kier alpha value is -0.610. The maximum atomic E-state index is 5.61. The van der Waals surface area contributed by atoms with Gasteiger partial charge in [-0.25, -0.2) is 5.84 Å². The van der Waals surface area contributed by atoms with Crippen LogP contribution in [-0.4, -0.2) is 16.5 Å². The Bertz CT molecular complexity index is 179. The fraction of sp³-hybridized carbons (Fsp3) is 0.571. The highest BCUT2D eigenvalue weighted by Crippen LogP contribution is 2.10. The zero-order valence-electron chi connectivity index (χ0n) is 6.58. The molecule has 0 unspecified atom stereocenters. The van der Waals surface area contributed by atoms with Gasteiger partial charge in [-0.3, -0.25) is 5.01 Å². The molecule has 0 bridgehead atoms. The summed E-state index contributed by atoms with van der Waals surface area (Å²) in [6, 6.07) is 0. The van der Waals surface area contributed by atoms with E-state index in [0.29, 0.717) is 0 Å². The molecule has 0 radical (unpaired) electrons. The van der Waals surface area contributed by atoms with Crippen LogP contribution in [0, 0.1) is 0 Å². The van der Waals surface area contributed by atoms with Crippen molar-refractivity contribution in [3.05, 3.63) is 11.9 Å². The lowest BCUT2D eigenvalue weighted by Gasteiger charge is -2.14. The van der Waals surface area contributed by atoms with Crippen molar-refractivity contribution >= 4 is 17.6 Å². The smallest absolute Gasteiger partial charge is 0.142 e. The summed E-state index contributed by atoms with van der Waals surface area (Å²) in [6.07, 6.45) is 4.06. The number of thiocarbonyl (C=S) groups is 1. The molecule has 0 aromatic carbocycles. The lowest BCUT2D eigenvalue weighted by atomic mass is 10.3. The third kappa shape index (κ3) is 1.91. The van der Waals surface area contributed by atoms with E-state index in [2.05, 4.69) is 12.2 Å². The second-order valence-corrected chi connectivity index (χ2v) is 2.85. The summed E-state index contributed by atoms with van der Waals surface area (Å²) in [6.45, 7) is 2.13. The van der Waals surface area contributed by atoms with Gasteiger partial charge in [0.2, 0.25) is 0 Å². The van der Waals surface area contributed by atoms with Crippen molar-refractivity contribution in [1.82, 2.24) is 10.3 Å². The molecule has 1 atom stereocenters. The molecule has 1 aliphatic rings. The number of allylic oxidation sites excluding steroid dienone is 1. The van der Waals surface area contributed by atoms with Crippen molar-refractivity contribution in [3.8, 4) is 0 Å². The maximum absolute atomic E-state index is 5.61. The third-order valence-corrected chi connectivity index (χ3v) is 1.87. The van der Waals surface area contributed by atoms with Gasteiger partial charge in [0.15, 0.2) is 0 Å². The van der Waals surface area contributed by atoms with Crippen LogP contribution in [0.3, 0.4) is 0 Å². The average molecular weight is 171 g/mol. The molecule has 62 valence electrons. The molecule has 0 aromatic heterocycles. The van der Waals surface area contributed by atoms with Crippen molar-refractivity contribution in [1.29, 1.82) is 0 Å². The van der Waals surface area contributed by atoms with Crippen molar-refractivity contribution in [3.63, 3.8) is 0 Å². The van der Waals surface area contributed by atoms with Crippen LogP contribution in [-0.2, 0) is 0 Å². The minimum Gasteiger partial charge on any atom is -0.362 e. The van der Waals surface area contributed by atoms with Gasteiger partial charge < -0.3 is 5.32 Å². The van der Waals surface area contributed by atoms with Crippen LogP contribution in [0.5, 0.6) is 0 Å². The van der Waals surface area contributed by atoms with Crippen LogP contribution in [0.2, 0.25) is 0 Å². The molecule has 0 aliphatic carbocycles. The fourth-order valence-corrected chi connectivity index (χ4v) is 1.28. The molecular formula is C7H13N3S. The molecule has 1 rings (SSSR count). The van der Waals surface area contributed by atoms with E-state index in [1.54, 1.807) is 10.4 Å². The molecule has 0 fully saturated rings. The lowest BCUT2D eigenvalue weighted by molar-refractivity contribution is 0.362. The highest BCUT2D eigenvalue weighted by atomic mass is 32.1. The van der Waals surface area contributed by atoms with Crippen LogP contribution in [0.1, 0.15) is 19.8 Å². The van der Waals surface area contributed by atoms with Crippen molar-refractivity contribution < 1.29 is 0 Å². The minimum atomic E-state index is 0.00606. The Labute approximate surface area is 72.2 Å². The third-order valence-electron chi connectivity index (χ3n) is 1.61. The van der Waals surface area contributed by atoms with Gasteiger partial charge in [0.05, 0.1) is 0 Å². The second kappa shape index (κ2) is 3.69. The van der Waals surface area contributed by atoms with Gasteiger partial charge in [-0.15, -0.1) is 0 Å². The molecule has 11 heavy (non-hydrogen) atoms. The van der Waals surface area contributed by atoms with Crippen LogP contribution in [0.15, 0.2) is 11.9 Å². The van der Waals surface area contributed by atoms with E-state index in [9.17, 15) is 0 Å². The number of nitrogens with zero attached hydrogens (tertiary/aromatic N) is 1. The largest absolute Gasteiger partial charge is 0.362 e. The van der Waals surface area contributed by atoms with E-state index in [1.165, 1.54) is 5.70 Å². The van der Waals surface area contributed by atoms with Gasteiger partial charge >= 0.3 is 0 Å². The zero-order valence-corrected chi connectivity index (χ0v) is 7.40. The highest BCUT2D eigenvalue weighted by molar-refractivity contribution is 7.79. The van der Waals surface area contributed by atoms with Crippen LogP contribution < -0.4 is 11.2 Å². The topological polar surface area (TPSA) is 41.3 Å². The first-order chi connectivity index (χ1) is 5.27. The predicted octanol–water partition coefficient (Wildman–Crippen LogP) is 0.733. The van der Waals surface area contributed by atoms with Gasteiger partial charge in [0, 0.05) is 17.3 Å². The molecule has 0 aromatic rings. The Morgan fingerprint density at radius 2 is 2.64 bits per heavy atom. The Balaban J connectivity index is 2.48. The number of hydrogen-bond donors (Lipinski definition) is 2. The first-order valence-electron chi connectivity index (χ1n) is 3.73. The number of hydrazine groups is 1. The molecule has 4 heteroatoms.